The third kappa shape index (κ3) is 4.46. The number of β-amino-alcohol motifs (C(OH)–C–C–N with tert-alkyl or cyclic N) is 1. The Labute approximate surface area is 143 Å². The van der Waals surface area contributed by atoms with Gasteiger partial charge in [-0.15, -0.1) is 0 Å². The highest BCUT2D eigenvalue weighted by Gasteiger charge is 2.44. The van der Waals surface area contributed by atoms with Crippen LogP contribution in [0.1, 0.15) is 32.3 Å². The molecule has 0 amide bonds. The number of aliphatic hydroxyl groups excluding tert-OH is 1. The highest BCUT2D eigenvalue weighted by atomic mass is 35.5. The van der Waals surface area contributed by atoms with Crippen molar-refractivity contribution in [2.75, 3.05) is 26.2 Å². The van der Waals surface area contributed by atoms with Gasteiger partial charge in [0.1, 0.15) is 0 Å². The van der Waals surface area contributed by atoms with E-state index in [1.54, 1.807) is 0 Å². The Bertz CT molecular complexity index is 526. The predicted molar refractivity (Wildman–Crippen MR) is 92.8 cm³/mol. The quantitative estimate of drug-likeness (QED) is 0.836. The van der Waals surface area contributed by atoms with Crippen LogP contribution in [0.15, 0.2) is 24.3 Å². The molecule has 1 aliphatic heterocycles. The molecular weight excluding hydrogens is 312 g/mol. The van der Waals surface area contributed by atoms with Crippen LogP contribution in [-0.2, 0) is 10.3 Å². The molecule has 2 N–H and O–H groups in total. The molecule has 128 valence electrons. The maximum atomic E-state index is 10.4. The van der Waals surface area contributed by atoms with Gasteiger partial charge in [-0.25, -0.2) is 0 Å². The molecule has 3 atom stereocenters. The average molecular weight is 339 g/mol. The van der Waals surface area contributed by atoms with Crippen LogP contribution in [0.2, 0.25) is 5.02 Å². The zero-order chi connectivity index (χ0) is 16.4. The van der Waals surface area contributed by atoms with Crippen molar-refractivity contribution in [3.63, 3.8) is 0 Å². The summed E-state index contributed by atoms with van der Waals surface area (Å²) in [6.45, 7) is 7.25. The second-order valence-electron chi connectivity index (χ2n) is 7.10. The molecule has 1 aromatic rings. The zero-order valence-electron chi connectivity index (χ0n) is 14.0. The second-order valence-corrected chi connectivity index (χ2v) is 7.54. The minimum atomic E-state index is -0.371. The maximum Gasteiger partial charge on any atom is 0.0791 e. The lowest BCUT2D eigenvalue weighted by atomic mass is 10.0. The van der Waals surface area contributed by atoms with Crippen molar-refractivity contribution in [2.24, 2.45) is 0 Å². The summed E-state index contributed by atoms with van der Waals surface area (Å²) in [5.41, 5.74) is 1.24. The zero-order valence-corrected chi connectivity index (χ0v) is 14.7. The van der Waals surface area contributed by atoms with E-state index in [-0.39, 0.29) is 23.9 Å². The number of nitrogens with zero attached hydrogens (tertiary/aromatic N) is 1. The van der Waals surface area contributed by atoms with E-state index in [0.717, 1.165) is 31.0 Å². The molecule has 1 aliphatic carbocycles. The first-order valence-electron chi connectivity index (χ1n) is 8.54. The molecule has 1 heterocycles. The molecule has 3 unspecified atom stereocenters. The summed E-state index contributed by atoms with van der Waals surface area (Å²) >= 11 is 6.10. The third-order valence-electron chi connectivity index (χ3n) is 4.77. The van der Waals surface area contributed by atoms with Gasteiger partial charge in [0.2, 0.25) is 0 Å². The van der Waals surface area contributed by atoms with Gasteiger partial charge >= 0.3 is 0 Å². The Morgan fingerprint density at radius 1 is 1.35 bits per heavy atom. The van der Waals surface area contributed by atoms with Crippen LogP contribution < -0.4 is 5.32 Å². The molecule has 2 aliphatic rings. The first kappa shape index (κ1) is 17.2. The van der Waals surface area contributed by atoms with Crippen LogP contribution in [0.25, 0.3) is 0 Å². The first-order valence-corrected chi connectivity index (χ1v) is 8.91. The number of halogens is 1. The summed E-state index contributed by atoms with van der Waals surface area (Å²) in [4.78, 5) is 2.30. The fraction of sp³-hybridized carbons (Fsp3) is 0.667. The van der Waals surface area contributed by atoms with E-state index in [0.29, 0.717) is 13.1 Å². The normalized spacial score (nSPS) is 28.5. The molecule has 0 bridgehead atoms. The van der Waals surface area contributed by atoms with E-state index in [2.05, 4.69) is 30.1 Å². The van der Waals surface area contributed by atoms with Crippen molar-refractivity contribution >= 4 is 11.6 Å². The topological polar surface area (TPSA) is 44.7 Å². The summed E-state index contributed by atoms with van der Waals surface area (Å²) in [6.07, 6.45) is 2.31. The van der Waals surface area contributed by atoms with Gasteiger partial charge in [0.05, 0.1) is 18.3 Å². The number of aliphatic hydroxyl groups is 1. The minimum Gasteiger partial charge on any atom is -0.390 e. The fourth-order valence-electron chi connectivity index (χ4n) is 3.59. The monoisotopic (exact) mass is 338 g/mol. The van der Waals surface area contributed by atoms with Crippen LogP contribution >= 0.6 is 11.6 Å². The van der Waals surface area contributed by atoms with Crippen LogP contribution in [0.4, 0.5) is 0 Å². The molecule has 1 saturated carbocycles. The summed E-state index contributed by atoms with van der Waals surface area (Å²) in [5.74, 6) is 0. The Hall–Kier alpha value is -0.650. The Morgan fingerprint density at radius 3 is 2.65 bits per heavy atom. The van der Waals surface area contributed by atoms with Gasteiger partial charge in [0.25, 0.3) is 0 Å². The van der Waals surface area contributed by atoms with Crippen LogP contribution in [-0.4, -0.2) is 54.5 Å². The highest BCUT2D eigenvalue weighted by Crippen LogP contribution is 2.45. The smallest absolute Gasteiger partial charge is 0.0791 e. The maximum absolute atomic E-state index is 10.4. The van der Waals surface area contributed by atoms with Crippen molar-refractivity contribution in [2.45, 2.75) is 50.5 Å². The molecule has 23 heavy (non-hydrogen) atoms. The van der Waals surface area contributed by atoms with Crippen LogP contribution in [0, 0.1) is 0 Å². The number of benzene rings is 1. The van der Waals surface area contributed by atoms with E-state index in [9.17, 15) is 5.11 Å². The summed E-state index contributed by atoms with van der Waals surface area (Å²) in [7, 11) is 0. The van der Waals surface area contributed by atoms with E-state index < -0.39 is 0 Å². The van der Waals surface area contributed by atoms with Gasteiger partial charge in [-0.05, 0) is 44.4 Å². The van der Waals surface area contributed by atoms with Crippen molar-refractivity contribution in [3.05, 3.63) is 34.9 Å². The summed E-state index contributed by atoms with van der Waals surface area (Å²) in [6, 6.07) is 8.03. The van der Waals surface area contributed by atoms with Crippen molar-refractivity contribution in [1.82, 2.24) is 10.2 Å². The van der Waals surface area contributed by atoms with Crippen LogP contribution in [0.3, 0.4) is 0 Å². The van der Waals surface area contributed by atoms with E-state index in [1.165, 1.54) is 5.56 Å². The molecule has 1 aromatic carbocycles. The molecule has 3 rings (SSSR count). The van der Waals surface area contributed by atoms with Gasteiger partial charge in [-0.1, -0.05) is 23.7 Å². The Morgan fingerprint density at radius 2 is 2.04 bits per heavy atom. The molecular formula is C18H27ClN2O2. The number of nitrogens with one attached hydrogen (secondary N) is 1. The largest absolute Gasteiger partial charge is 0.390 e. The molecule has 2 fully saturated rings. The summed E-state index contributed by atoms with van der Waals surface area (Å²) in [5, 5.41) is 14.7. The molecule has 4 nitrogen and oxygen atoms in total. The third-order valence-corrected chi connectivity index (χ3v) is 5.00. The number of rotatable bonds is 6. The number of ether oxygens (including phenoxy) is 1. The van der Waals surface area contributed by atoms with Gasteiger partial charge < -0.3 is 15.2 Å². The Balaban J connectivity index is 1.50. The number of hydrogen-bond donors (Lipinski definition) is 2. The van der Waals surface area contributed by atoms with Gasteiger partial charge in [-0.2, -0.15) is 0 Å². The second kappa shape index (κ2) is 7.08. The van der Waals surface area contributed by atoms with E-state index in [4.69, 9.17) is 16.3 Å². The highest BCUT2D eigenvalue weighted by molar-refractivity contribution is 6.30. The summed E-state index contributed by atoms with van der Waals surface area (Å²) < 4.78 is 5.74. The lowest BCUT2D eigenvalue weighted by molar-refractivity contribution is -0.0763. The lowest BCUT2D eigenvalue weighted by Crippen LogP contribution is -2.50. The van der Waals surface area contributed by atoms with Gasteiger partial charge in [0, 0.05) is 36.7 Å². The molecule has 0 aromatic heterocycles. The molecule has 0 radical (unpaired) electrons. The van der Waals surface area contributed by atoms with Gasteiger partial charge in [-0.3, -0.25) is 4.90 Å². The van der Waals surface area contributed by atoms with E-state index in [1.807, 2.05) is 18.2 Å². The predicted octanol–water partition coefficient (Wildman–Crippen LogP) is 2.39. The van der Waals surface area contributed by atoms with Crippen molar-refractivity contribution in [3.8, 4) is 0 Å². The molecule has 1 saturated heterocycles. The van der Waals surface area contributed by atoms with Crippen molar-refractivity contribution in [1.29, 1.82) is 0 Å². The first-order chi connectivity index (χ1) is 11.0. The average Bonchev–Trinajstić information content (AvgIpc) is 3.25. The lowest BCUT2D eigenvalue weighted by Gasteiger charge is -2.36. The van der Waals surface area contributed by atoms with E-state index >= 15 is 0 Å². The van der Waals surface area contributed by atoms with Crippen LogP contribution in [0.5, 0.6) is 0 Å². The SMILES string of the molecule is CC1CN(CC(O)CNC2(c3cccc(Cl)c3)CC2)CC(C)O1. The fourth-order valence-corrected chi connectivity index (χ4v) is 3.78. The van der Waals surface area contributed by atoms with Gasteiger partial charge in [0.15, 0.2) is 0 Å². The number of hydrogen-bond acceptors (Lipinski definition) is 4. The Kier molecular flexibility index (Phi) is 5.29. The molecule has 5 heteroatoms. The standard InChI is InChI=1S/C18H27ClN2O2/c1-13-10-21(11-14(2)23-13)12-17(22)9-20-18(6-7-18)15-4-3-5-16(19)8-15/h3-5,8,13-14,17,20,22H,6-7,9-12H2,1-2H3. The number of morpholine rings is 1. The minimum absolute atomic E-state index is 0.0114. The molecule has 0 spiro atoms. The van der Waals surface area contributed by atoms with Crippen molar-refractivity contribution < 1.29 is 9.84 Å².